The van der Waals surface area contributed by atoms with Crippen molar-refractivity contribution >= 4 is 34.3 Å². The van der Waals surface area contributed by atoms with Crippen molar-refractivity contribution < 1.29 is 4.79 Å². The van der Waals surface area contributed by atoms with Crippen LogP contribution in [-0.4, -0.2) is 20.7 Å². The molecule has 0 spiro atoms. The Morgan fingerprint density at radius 3 is 2.37 bits per heavy atom. The third-order valence-electron chi connectivity index (χ3n) is 4.73. The number of hydrogen-bond donors (Lipinski definition) is 1. The highest BCUT2D eigenvalue weighted by Gasteiger charge is 2.20. The SMILES string of the molecule is Cc1ccc(NC(=O)C(C)Sc2nc3ccccc3c(=O)n2-c2ccccc2)cc1. The van der Waals surface area contributed by atoms with Gasteiger partial charge >= 0.3 is 0 Å². The highest BCUT2D eigenvalue weighted by atomic mass is 32.2. The summed E-state index contributed by atoms with van der Waals surface area (Å²) in [6, 6.07) is 24.3. The van der Waals surface area contributed by atoms with Gasteiger partial charge in [0, 0.05) is 5.69 Å². The van der Waals surface area contributed by atoms with Gasteiger partial charge in [0.15, 0.2) is 5.16 Å². The van der Waals surface area contributed by atoms with Crippen LogP contribution in [0.5, 0.6) is 0 Å². The molecule has 5 nitrogen and oxygen atoms in total. The van der Waals surface area contributed by atoms with E-state index in [2.05, 4.69) is 5.32 Å². The summed E-state index contributed by atoms with van der Waals surface area (Å²) in [4.78, 5) is 30.7. The molecule has 150 valence electrons. The van der Waals surface area contributed by atoms with Crippen molar-refractivity contribution in [3.8, 4) is 5.69 Å². The smallest absolute Gasteiger partial charge is 0.266 e. The second-order valence-corrected chi connectivity index (χ2v) is 8.31. The van der Waals surface area contributed by atoms with Gasteiger partial charge < -0.3 is 5.32 Å². The second-order valence-electron chi connectivity index (χ2n) is 7.00. The molecule has 1 unspecified atom stereocenters. The number of thioether (sulfide) groups is 1. The number of aromatic nitrogens is 2. The quantitative estimate of drug-likeness (QED) is 0.375. The van der Waals surface area contributed by atoms with E-state index in [9.17, 15) is 9.59 Å². The summed E-state index contributed by atoms with van der Waals surface area (Å²) in [5, 5.41) is 3.50. The van der Waals surface area contributed by atoms with Crippen LogP contribution in [0, 0.1) is 6.92 Å². The van der Waals surface area contributed by atoms with Gasteiger partial charge in [0.25, 0.3) is 5.56 Å². The number of anilines is 1. The number of aryl methyl sites for hydroxylation is 1. The van der Waals surface area contributed by atoms with E-state index in [4.69, 9.17) is 4.98 Å². The summed E-state index contributed by atoms with van der Waals surface area (Å²) < 4.78 is 1.57. The van der Waals surface area contributed by atoms with Gasteiger partial charge in [-0.3, -0.25) is 14.2 Å². The van der Waals surface area contributed by atoms with Gasteiger partial charge in [0.1, 0.15) is 0 Å². The van der Waals surface area contributed by atoms with Gasteiger partial charge in [0.05, 0.1) is 21.8 Å². The first-order chi connectivity index (χ1) is 14.5. The standard InChI is InChI=1S/C24H21N3O2S/c1-16-12-14-18(15-13-16)25-22(28)17(2)30-24-26-21-11-7-6-10-20(21)23(29)27(24)19-8-4-3-5-9-19/h3-15,17H,1-2H3,(H,25,28). The lowest BCUT2D eigenvalue weighted by Crippen LogP contribution is -2.26. The predicted molar refractivity (Wildman–Crippen MR) is 122 cm³/mol. The Kier molecular flexibility index (Phi) is 5.68. The van der Waals surface area contributed by atoms with Crippen molar-refractivity contribution in [1.29, 1.82) is 0 Å². The molecule has 4 aromatic rings. The average molecular weight is 416 g/mol. The molecule has 6 heteroatoms. The Hall–Kier alpha value is -3.38. The molecule has 3 aromatic carbocycles. The van der Waals surface area contributed by atoms with Gasteiger partial charge in [-0.1, -0.05) is 59.8 Å². The van der Waals surface area contributed by atoms with Crippen molar-refractivity contribution in [1.82, 2.24) is 9.55 Å². The van der Waals surface area contributed by atoms with Crippen LogP contribution in [0.2, 0.25) is 0 Å². The Bertz CT molecular complexity index is 1250. The van der Waals surface area contributed by atoms with E-state index >= 15 is 0 Å². The van der Waals surface area contributed by atoms with Crippen molar-refractivity contribution in [3.63, 3.8) is 0 Å². The first-order valence-electron chi connectivity index (χ1n) is 9.64. The van der Waals surface area contributed by atoms with Crippen LogP contribution in [0.15, 0.2) is 88.8 Å². The monoisotopic (exact) mass is 415 g/mol. The number of nitrogens with zero attached hydrogens (tertiary/aromatic N) is 2. The third-order valence-corrected chi connectivity index (χ3v) is 5.78. The molecule has 1 amide bonds. The molecule has 0 aliphatic heterocycles. The first kappa shape index (κ1) is 19.9. The maximum absolute atomic E-state index is 13.2. The van der Waals surface area contributed by atoms with Crippen molar-refractivity contribution in [2.24, 2.45) is 0 Å². The number of fused-ring (bicyclic) bond motifs is 1. The number of carbonyl (C=O) groups excluding carboxylic acids is 1. The minimum atomic E-state index is -0.450. The van der Waals surface area contributed by atoms with Crippen LogP contribution < -0.4 is 10.9 Å². The molecule has 0 aliphatic carbocycles. The normalized spacial score (nSPS) is 11.9. The topological polar surface area (TPSA) is 64.0 Å². The van der Waals surface area contributed by atoms with Crippen LogP contribution in [0.3, 0.4) is 0 Å². The number of benzene rings is 3. The maximum Gasteiger partial charge on any atom is 0.266 e. The Balaban J connectivity index is 1.69. The van der Waals surface area contributed by atoms with Gasteiger partial charge in [-0.15, -0.1) is 0 Å². The number of carbonyl (C=O) groups is 1. The van der Waals surface area contributed by atoms with E-state index in [0.717, 1.165) is 16.9 Å². The average Bonchev–Trinajstić information content (AvgIpc) is 2.76. The molecule has 0 saturated carbocycles. The molecule has 0 saturated heterocycles. The summed E-state index contributed by atoms with van der Waals surface area (Å²) in [5.74, 6) is -0.147. The Morgan fingerprint density at radius 1 is 0.967 bits per heavy atom. The van der Waals surface area contributed by atoms with Crippen LogP contribution in [0.1, 0.15) is 12.5 Å². The number of para-hydroxylation sites is 2. The van der Waals surface area contributed by atoms with Crippen LogP contribution in [0.25, 0.3) is 16.6 Å². The number of nitrogens with one attached hydrogen (secondary N) is 1. The second kappa shape index (κ2) is 8.55. The van der Waals surface area contributed by atoms with E-state index in [0.29, 0.717) is 16.1 Å². The Morgan fingerprint density at radius 2 is 1.63 bits per heavy atom. The molecule has 1 atom stereocenters. The molecular weight excluding hydrogens is 394 g/mol. The van der Waals surface area contributed by atoms with Gasteiger partial charge in [-0.25, -0.2) is 4.98 Å². The molecule has 1 heterocycles. The summed E-state index contributed by atoms with van der Waals surface area (Å²) in [7, 11) is 0. The zero-order valence-electron chi connectivity index (χ0n) is 16.7. The minimum Gasteiger partial charge on any atom is -0.325 e. The minimum absolute atomic E-state index is 0.147. The zero-order chi connectivity index (χ0) is 21.1. The van der Waals surface area contributed by atoms with E-state index in [1.54, 1.807) is 10.6 Å². The lowest BCUT2D eigenvalue weighted by atomic mass is 10.2. The highest BCUT2D eigenvalue weighted by molar-refractivity contribution is 8.00. The lowest BCUT2D eigenvalue weighted by molar-refractivity contribution is -0.115. The third kappa shape index (κ3) is 4.14. The van der Waals surface area contributed by atoms with Crippen LogP contribution in [0.4, 0.5) is 5.69 Å². The summed E-state index contributed by atoms with van der Waals surface area (Å²) in [6.07, 6.45) is 0. The van der Waals surface area contributed by atoms with E-state index in [1.807, 2.05) is 86.6 Å². The molecule has 30 heavy (non-hydrogen) atoms. The van der Waals surface area contributed by atoms with Gasteiger partial charge in [-0.05, 0) is 50.2 Å². The van der Waals surface area contributed by atoms with Crippen LogP contribution in [-0.2, 0) is 4.79 Å². The summed E-state index contributed by atoms with van der Waals surface area (Å²) in [6.45, 7) is 3.81. The summed E-state index contributed by atoms with van der Waals surface area (Å²) in [5.41, 5.74) is 3.05. The molecule has 0 radical (unpaired) electrons. The molecule has 1 aromatic heterocycles. The number of hydrogen-bond acceptors (Lipinski definition) is 4. The molecule has 0 aliphatic rings. The lowest BCUT2D eigenvalue weighted by Gasteiger charge is -2.16. The molecule has 0 fully saturated rings. The Labute approximate surface area is 178 Å². The number of rotatable bonds is 5. The predicted octanol–water partition coefficient (Wildman–Crippen LogP) is 4.81. The van der Waals surface area contributed by atoms with Crippen molar-refractivity contribution in [2.45, 2.75) is 24.3 Å². The van der Waals surface area contributed by atoms with E-state index in [-0.39, 0.29) is 11.5 Å². The summed E-state index contributed by atoms with van der Waals surface area (Å²) >= 11 is 1.26. The van der Waals surface area contributed by atoms with E-state index < -0.39 is 5.25 Å². The zero-order valence-corrected chi connectivity index (χ0v) is 17.5. The van der Waals surface area contributed by atoms with E-state index in [1.165, 1.54) is 11.8 Å². The maximum atomic E-state index is 13.2. The van der Waals surface area contributed by atoms with Gasteiger partial charge in [0.2, 0.25) is 5.91 Å². The van der Waals surface area contributed by atoms with Gasteiger partial charge in [-0.2, -0.15) is 0 Å². The molecular formula is C24H21N3O2S. The fourth-order valence-electron chi connectivity index (χ4n) is 3.09. The van der Waals surface area contributed by atoms with Crippen molar-refractivity contribution in [3.05, 3.63) is 94.8 Å². The molecule has 1 N–H and O–H groups in total. The first-order valence-corrected chi connectivity index (χ1v) is 10.5. The molecule has 0 bridgehead atoms. The fraction of sp³-hybridized carbons (Fsp3) is 0.125. The number of amides is 1. The fourth-order valence-corrected chi connectivity index (χ4v) is 4.02. The van der Waals surface area contributed by atoms with Crippen LogP contribution >= 0.6 is 11.8 Å². The highest BCUT2D eigenvalue weighted by Crippen LogP contribution is 2.26. The largest absolute Gasteiger partial charge is 0.325 e. The molecule has 4 rings (SSSR count). The van der Waals surface area contributed by atoms with Crippen molar-refractivity contribution in [2.75, 3.05) is 5.32 Å².